The summed E-state index contributed by atoms with van der Waals surface area (Å²) in [6.07, 6.45) is 3.97. The highest BCUT2D eigenvalue weighted by Crippen LogP contribution is 2.26. The number of hydrogen-bond donors (Lipinski definition) is 1. The molecule has 0 radical (unpaired) electrons. The highest BCUT2D eigenvalue weighted by Gasteiger charge is 2.19. The van der Waals surface area contributed by atoms with Crippen molar-refractivity contribution in [3.8, 4) is 11.5 Å². The fraction of sp³-hybridized carbons (Fsp3) is 0.240. The van der Waals surface area contributed by atoms with Gasteiger partial charge in [0.15, 0.2) is 11.5 Å². The average Bonchev–Trinajstić information content (AvgIpc) is 3.21. The summed E-state index contributed by atoms with van der Waals surface area (Å²) in [4.78, 5) is 21.4. The zero-order valence-electron chi connectivity index (χ0n) is 18.2. The van der Waals surface area contributed by atoms with E-state index in [9.17, 15) is 4.79 Å². The normalized spacial score (nSPS) is 11.8. The molecule has 0 saturated heterocycles. The quantitative estimate of drug-likeness (QED) is 0.398. The number of pyridine rings is 1. The first kappa shape index (κ1) is 21.4. The number of para-hydroxylation sites is 4. The van der Waals surface area contributed by atoms with E-state index in [0.29, 0.717) is 24.5 Å². The number of ether oxygens (including phenoxy) is 2. The predicted octanol–water partition coefficient (Wildman–Crippen LogP) is 4.40. The standard InChI is InChI=1S/C25H26N4O3/c1-18(27-25(30)19-9-7-14-26-17-19)24-28-20-10-3-4-11-21(20)29(24)15-8-16-32-23-13-6-5-12-22(23)31-2/h3-7,9-14,17-18H,8,15-16H2,1-2H3,(H,27,30). The molecule has 0 aliphatic carbocycles. The van der Waals surface area contributed by atoms with E-state index in [4.69, 9.17) is 14.5 Å². The molecule has 0 fully saturated rings. The molecule has 0 spiro atoms. The van der Waals surface area contributed by atoms with Gasteiger partial charge in [0.2, 0.25) is 0 Å². The Hall–Kier alpha value is -3.87. The van der Waals surface area contributed by atoms with Gasteiger partial charge in [-0.25, -0.2) is 4.98 Å². The van der Waals surface area contributed by atoms with Crippen LogP contribution in [0.3, 0.4) is 0 Å². The third-order valence-corrected chi connectivity index (χ3v) is 5.20. The van der Waals surface area contributed by atoms with Gasteiger partial charge in [0.05, 0.1) is 36.4 Å². The Labute approximate surface area is 187 Å². The first-order valence-electron chi connectivity index (χ1n) is 10.6. The molecule has 2 aromatic heterocycles. The average molecular weight is 431 g/mol. The van der Waals surface area contributed by atoms with E-state index < -0.39 is 0 Å². The smallest absolute Gasteiger partial charge is 0.253 e. The highest BCUT2D eigenvalue weighted by atomic mass is 16.5. The molecule has 164 valence electrons. The molecular weight excluding hydrogens is 404 g/mol. The lowest BCUT2D eigenvalue weighted by atomic mass is 10.2. The molecule has 0 saturated carbocycles. The Morgan fingerprint density at radius 1 is 1.06 bits per heavy atom. The third-order valence-electron chi connectivity index (χ3n) is 5.20. The van der Waals surface area contributed by atoms with E-state index in [1.807, 2.05) is 55.5 Å². The molecule has 2 aromatic carbocycles. The summed E-state index contributed by atoms with van der Waals surface area (Å²) >= 11 is 0. The molecule has 1 unspecified atom stereocenters. The molecule has 4 aromatic rings. The van der Waals surface area contributed by atoms with Gasteiger partial charge in [-0.3, -0.25) is 9.78 Å². The first-order valence-corrected chi connectivity index (χ1v) is 10.6. The van der Waals surface area contributed by atoms with Crippen molar-refractivity contribution in [2.24, 2.45) is 0 Å². The van der Waals surface area contributed by atoms with Crippen molar-refractivity contribution in [3.63, 3.8) is 0 Å². The number of carbonyl (C=O) groups excluding carboxylic acids is 1. The molecule has 7 heteroatoms. The first-order chi connectivity index (χ1) is 15.7. The van der Waals surface area contributed by atoms with Gasteiger partial charge in [-0.15, -0.1) is 0 Å². The number of amides is 1. The summed E-state index contributed by atoms with van der Waals surface area (Å²) in [5.41, 5.74) is 2.45. The van der Waals surface area contributed by atoms with Gasteiger partial charge in [-0.05, 0) is 49.7 Å². The zero-order valence-corrected chi connectivity index (χ0v) is 18.2. The Kier molecular flexibility index (Phi) is 6.65. The number of rotatable bonds is 9. The number of methoxy groups -OCH3 is 1. The van der Waals surface area contributed by atoms with Gasteiger partial charge in [0.1, 0.15) is 5.82 Å². The van der Waals surface area contributed by atoms with Crippen LogP contribution in [-0.2, 0) is 6.54 Å². The predicted molar refractivity (Wildman–Crippen MR) is 123 cm³/mol. The number of fused-ring (bicyclic) bond motifs is 1. The lowest BCUT2D eigenvalue weighted by Gasteiger charge is -2.17. The SMILES string of the molecule is COc1ccccc1OCCCn1c(C(C)NC(=O)c2cccnc2)nc2ccccc21. The minimum Gasteiger partial charge on any atom is -0.493 e. The van der Waals surface area contributed by atoms with E-state index in [-0.39, 0.29) is 11.9 Å². The zero-order chi connectivity index (χ0) is 22.3. The number of nitrogens with one attached hydrogen (secondary N) is 1. The molecule has 7 nitrogen and oxygen atoms in total. The highest BCUT2D eigenvalue weighted by molar-refractivity contribution is 5.94. The largest absolute Gasteiger partial charge is 0.493 e. The molecule has 1 N–H and O–H groups in total. The maximum atomic E-state index is 12.6. The van der Waals surface area contributed by atoms with Crippen LogP contribution in [0.15, 0.2) is 73.1 Å². The number of benzene rings is 2. The van der Waals surface area contributed by atoms with Gasteiger partial charge in [-0.1, -0.05) is 24.3 Å². The number of imidazole rings is 1. The van der Waals surface area contributed by atoms with E-state index in [0.717, 1.165) is 29.0 Å². The molecule has 32 heavy (non-hydrogen) atoms. The molecule has 0 aliphatic heterocycles. The van der Waals surface area contributed by atoms with Crippen LogP contribution >= 0.6 is 0 Å². The van der Waals surface area contributed by atoms with Crippen molar-refractivity contribution < 1.29 is 14.3 Å². The molecule has 0 aliphatic rings. The maximum absolute atomic E-state index is 12.6. The van der Waals surface area contributed by atoms with Crippen molar-refractivity contribution >= 4 is 16.9 Å². The molecule has 1 atom stereocenters. The maximum Gasteiger partial charge on any atom is 0.253 e. The van der Waals surface area contributed by atoms with Gasteiger partial charge in [0.25, 0.3) is 5.91 Å². The molecule has 4 rings (SSSR count). The topological polar surface area (TPSA) is 78.3 Å². The van der Waals surface area contributed by atoms with E-state index in [1.165, 1.54) is 0 Å². The van der Waals surface area contributed by atoms with E-state index in [1.54, 1.807) is 31.6 Å². The molecular formula is C25H26N4O3. The van der Waals surface area contributed by atoms with Crippen LogP contribution in [0.5, 0.6) is 11.5 Å². The van der Waals surface area contributed by atoms with E-state index in [2.05, 4.69) is 14.9 Å². The van der Waals surface area contributed by atoms with Crippen molar-refractivity contribution in [1.29, 1.82) is 0 Å². The molecule has 2 heterocycles. The summed E-state index contributed by atoms with van der Waals surface area (Å²) in [5.74, 6) is 2.07. The fourth-order valence-electron chi connectivity index (χ4n) is 3.64. The number of aryl methyl sites for hydroxylation is 1. The summed E-state index contributed by atoms with van der Waals surface area (Å²) in [6.45, 7) is 3.18. The Bertz CT molecular complexity index is 1190. The summed E-state index contributed by atoms with van der Waals surface area (Å²) in [6, 6.07) is 18.8. The van der Waals surface area contributed by atoms with Crippen LogP contribution in [0, 0.1) is 0 Å². The minimum absolute atomic E-state index is 0.177. The molecule has 1 amide bonds. The number of aromatic nitrogens is 3. The Morgan fingerprint density at radius 3 is 2.62 bits per heavy atom. The van der Waals surface area contributed by atoms with Crippen molar-refractivity contribution in [1.82, 2.24) is 19.9 Å². The van der Waals surface area contributed by atoms with Crippen molar-refractivity contribution in [2.45, 2.75) is 25.9 Å². The fourth-order valence-corrected chi connectivity index (χ4v) is 3.64. The van der Waals surface area contributed by atoms with Gasteiger partial charge in [0, 0.05) is 18.9 Å². The second kappa shape index (κ2) is 9.96. The monoisotopic (exact) mass is 430 g/mol. The lowest BCUT2D eigenvalue weighted by molar-refractivity contribution is 0.0937. The van der Waals surface area contributed by atoms with Crippen LogP contribution in [-0.4, -0.2) is 34.2 Å². The van der Waals surface area contributed by atoms with Gasteiger partial charge in [-0.2, -0.15) is 0 Å². The second-order valence-corrected chi connectivity index (χ2v) is 7.40. The van der Waals surface area contributed by atoms with Crippen LogP contribution in [0.2, 0.25) is 0 Å². The van der Waals surface area contributed by atoms with Crippen LogP contribution in [0.25, 0.3) is 11.0 Å². The third kappa shape index (κ3) is 4.72. The van der Waals surface area contributed by atoms with E-state index >= 15 is 0 Å². The summed E-state index contributed by atoms with van der Waals surface area (Å²) < 4.78 is 13.4. The van der Waals surface area contributed by atoms with Crippen molar-refractivity contribution in [2.75, 3.05) is 13.7 Å². The molecule has 0 bridgehead atoms. The second-order valence-electron chi connectivity index (χ2n) is 7.40. The Morgan fingerprint density at radius 2 is 1.84 bits per heavy atom. The van der Waals surface area contributed by atoms with Crippen LogP contribution in [0.1, 0.15) is 35.6 Å². The summed E-state index contributed by atoms with van der Waals surface area (Å²) in [7, 11) is 1.63. The van der Waals surface area contributed by atoms with Crippen molar-refractivity contribution in [3.05, 3.63) is 84.4 Å². The van der Waals surface area contributed by atoms with Crippen LogP contribution in [0.4, 0.5) is 0 Å². The van der Waals surface area contributed by atoms with Gasteiger partial charge < -0.3 is 19.4 Å². The number of nitrogens with zero attached hydrogens (tertiary/aromatic N) is 3. The number of hydrogen-bond acceptors (Lipinski definition) is 5. The Balaban J connectivity index is 1.48. The lowest BCUT2D eigenvalue weighted by Crippen LogP contribution is -2.29. The van der Waals surface area contributed by atoms with Gasteiger partial charge >= 0.3 is 0 Å². The summed E-state index contributed by atoms with van der Waals surface area (Å²) in [5, 5.41) is 3.04. The number of carbonyl (C=O) groups is 1. The minimum atomic E-state index is -0.273. The van der Waals surface area contributed by atoms with Crippen LogP contribution < -0.4 is 14.8 Å².